The highest BCUT2D eigenvalue weighted by molar-refractivity contribution is 6.31. The van der Waals surface area contributed by atoms with Crippen LogP contribution in [0.1, 0.15) is 46.7 Å². The Kier molecular flexibility index (Phi) is 5.93. The van der Waals surface area contributed by atoms with Gasteiger partial charge in [0.2, 0.25) is 0 Å². The van der Waals surface area contributed by atoms with E-state index in [1.807, 2.05) is 13.0 Å². The van der Waals surface area contributed by atoms with Crippen LogP contribution in [0.5, 0.6) is 0 Å². The van der Waals surface area contributed by atoms with E-state index in [1.54, 1.807) is 37.3 Å². The van der Waals surface area contributed by atoms with Gasteiger partial charge in [0.15, 0.2) is 6.04 Å². The van der Waals surface area contributed by atoms with Gasteiger partial charge < -0.3 is 10.4 Å². The third-order valence-electron chi connectivity index (χ3n) is 3.58. The van der Waals surface area contributed by atoms with Gasteiger partial charge in [0.05, 0.1) is 0 Å². The van der Waals surface area contributed by atoms with Gasteiger partial charge in [-0.1, -0.05) is 43.1 Å². The zero-order chi connectivity index (χ0) is 17.7. The number of rotatable bonds is 6. The van der Waals surface area contributed by atoms with Crippen molar-refractivity contribution in [2.45, 2.75) is 32.7 Å². The van der Waals surface area contributed by atoms with Crippen molar-refractivity contribution >= 4 is 23.5 Å². The smallest absolute Gasteiger partial charge is 0.330 e. The van der Waals surface area contributed by atoms with E-state index in [4.69, 9.17) is 11.6 Å². The Bertz CT molecular complexity index is 762. The maximum Gasteiger partial charge on any atom is 0.330 e. The number of nitrogens with zero attached hydrogens (tertiary/aromatic N) is 1. The second kappa shape index (κ2) is 7.93. The number of amides is 1. The first kappa shape index (κ1) is 17.9. The van der Waals surface area contributed by atoms with E-state index >= 15 is 0 Å². The van der Waals surface area contributed by atoms with Gasteiger partial charge in [-0.15, -0.1) is 0 Å². The summed E-state index contributed by atoms with van der Waals surface area (Å²) in [4.78, 5) is 28.2. The topological polar surface area (TPSA) is 79.3 Å². The normalized spacial score (nSPS) is 11.8. The van der Waals surface area contributed by atoms with Crippen LogP contribution in [0, 0.1) is 6.92 Å². The van der Waals surface area contributed by atoms with Crippen LogP contribution in [0.15, 0.2) is 36.4 Å². The van der Waals surface area contributed by atoms with Crippen molar-refractivity contribution in [3.05, 3.63) is 63.9 Å². The number of carbonyl (C=O) groups is 2. The number of nitrogens with one attached hydrogen (secondary N) is 1. The number of carboxylic acid groups (broad SMARTS) is 1. The van der Waals surface area contributed by atoms with Gasteiger partial charge in [-0.2, -0.15) is 0 Å². The highest BCUT2D eigenvalue weighted by Crippen LogP contribution is 2.21. The van der Waals surface area contributed by atoms with E-state index in [0.717, 1.165) is 24.1 Å². The average molecular weight is 347 g/mol. The molecule has 1 unspecified atom stereocenters. The van der Waals surface area contributed by atoms with Crippen molar-refractivity contribution in [1.82, 2.24) is 10.3 Å². The quantitative estimate of drug-likeness (QED) is 0.838. The van der Waals surface area contributed by atoms with Crippen LogP contribution in [-0.2, 0) is 11.2 Å². The third-order valence-corrected chi connectivity index (χ3v) is 4.01. The molecular weight excluding hydrogens is 328 g/mol. The van der Waals surface area contributed by atoms with Crippen molar-refractivity contribution in [1.29, 1.82) is 0 Å². The molecule has 6 heteroatoms. The van der Waals surface area contributed by atoms with Crippen LogP contribution < -0.4 is 5.32 Å². The molecule has 0 saturated heterocycles. The van der Waals surface area contributed by atoms with Gasteiger partial charge in [-0.05, 0) is 42.7 Å². The van der Waals surface area contributed by atoms with Crippen molar-refractivity contribution in [2.75, 3.05) is 0 Å². The molecule has 0 spiro atoms. The minimum absolute atomic E-state index is 0.206. The van der Waals surface area contributed by atoms with Gasteiger partial charge in [-0.3, -0.25) is 4.79 Å². The van der Waals surface area contributed by atoms with Crippen molar-refractivity contribution in [3.63, 3.8) is 0 Å². The molecule has 1 aromatic carbocycles. The van der Waals surface area contributed by atoms with Crippen molar-refractivity contribution in [3.8, 4) is 0 Å². The molecule has 0 saturated carbocycles. The third kappa shape index (κ3) is 4.32. The first-order valence-corrected chi connectivity index (χ1v) is 8.05. The Morgan fingerprint density at radius 2 is 2.04 bits per heavy atom. The summed E-state index contributed by atoms with van der Waals surface area (Å²) in [6, 6.07) is 8.87. The number of halogens is 1. The fourth-order valence-electron chi connectivity index (χ4n) is 2.34. The van der Waals surface area contributed by atoms with Gasteiger partial charge in [0.25, 0.3) is 5.91 Å². The van der Waals surface area contributed by atoms with Gasteiger partial charge >= 0.3 is 5.97 Å². The summed E-state index contributed by atoms with van der Waals surface area (Å²) in [6.45, 7) is 3.81. The fraction of sp³-hybridized carbons (Fsp3) is 0.278. The van der Waals surface area contributed by atoms with Gasteiger partial charge in [-0.25, -0.2) is 9.78 Å². The van der Waals surface area contributed by atoms with E-state index in [9.17, 15) is 14.7 Å². The molecule has 0 aliphatic carbocycles. The van der Waals surface area contributed by atoms with Crippen LogP contribution in [0.2, 0.25) is 5.02 Å². The summed E-state index contributed by atoms with van der Waals surface area (Å²) in [5.41, 5.74) is 2.22. The molecule has 1 amide bonds. The number of hydrogen-bond acceptors (Lipinski definition) is 3. The minimum atomic E-state index is -1.16. The molecule has 0 aliphatic rings. The highest BCUT2D eigenvalue weighted by atomic mass is 35.5. The van der Waals surface area contributed by atoms with Crippen LogP contribution in [-0.4, -0.2) is 22.0 Å². The molecule has 2 aromatic rings. The van der Waals surface area contributed by atoms with Crippen LogP contribution in [0.3, 0.4) is 0 Å². The lowest BCUT2D eigenvalue weighted by atomic mass is 10.0. The second-order valence-corrected chi connectivity index (χ2v) is 5.92. The van der Waals surface area contributed by atoms with Crippen LogP contribution in [0.25, 0.3) is 0 Å². The molecule has 126 valence electrons. The predicted molar refractivity (Wildman–Crippen MR) is 92.3 cm³/mol. The summed E-state index contributed by atoms with van der Waals surface area (Å²) in [5.74, 6) is -1.66. The minimum Gasteiger partial charge on any atom is -0.479 e. The van der Waals surface area contributed by atoms with E-state index < -0.39 is 17.9 Å². The molecule has 0 bridgehead atoms. The summed E-state index contributed by atoms with van der Waals surface area (Å²) in [6.07, 6.45) is 1.68. The molecule has 1 heterocycles. The molecule has 1 aromatic heterocycles. The monoisotopic (exact) mass is 346 g/mol. The van der Waals surface area contributed by atoms with Gasteiger partial charge in [0.1, 0.15) is 5.69 Å². The predicted octanol–water partition coefficient (Wildman–Crippen LogP) is 3.55. The van der Waals surface area contributed by atoms with E-state index in [-0.39, 0.29) is 5.69 Å². The van der Waals surface area contributed by atoms with E-state index in [0.29, 0.717) is 10.6 Å². The summed E-state index contributed by atoms with van der Waals surface area (Å²) in [5, 5.41) is 12.5. The molecule has 0 fully saturated rings. The Morgan fingerprint density at radius 1 is 1.29 bits per heavy atom. The molecule has 2 N–H and O–H groups in total. The number of aromatic nitrogens is 1. The van der Waals surface area contributed by atoms with Gasteiger partial charge in [0, 0.05) is 10.7 Å². The number of aryl methyl sites for hydroxylation is 2. The first-order valence-electron chi connectivity index (χ1n) is 7.68. The summed E-state index contributed by atoms with van der Waals surface area (Å²) < 4.78 is 0. The molecule has 2 rings (SSSR count). The molecule has 5 nitrogen and oxygen atoms in total. The Balaban J connectivity index is 2.24. The standard InChI is InChI=1S/C18H19ClN2O3/c1-3-5-13-6-4-7-15(20-13)17(22)21-16(18(23)24)12-8-9-14(19)11(2)10-12/h4,6-10,16H,3,5H2,1-2H3,(H,21,22)(H,23,24). The van der Waals surface area contributed by atoms with Crippen molar-refractivity contribution in [2.24, 2.45) is 0 Å². The maximum atomic E-state index is 12.4. The summed E-state index contributed by atoms with van der Waals surface area (Å²) in [7, 11) is 0. The van der Waals surface area contributed by atoms with E-state index in [1.165, 1.54) is 0 Å². The first-order chi connectivity index (χ1) is 11.4. The average Bonchev–Trinajstić information content (AvgIpc) is 2.55. The Morgan fingerprint density at radius 3 is 2.67 bits per heavy atom. The lowest BCUT2D eigenvalue weighted by Crippen LogP contribution is -2.34. The lowest BCUT2D eigenvalue weighted by Gasteiger charge is -2.16. The zero-order valence-corrected chi connectivity index (χ0v) is 14.3. The molecule has 1 atom stereocenters. The number of benzene rings is 1. The number of carboxylic acids is 1. The molecule has 24 heavy (non-hydrogen) atoms. The SMILES string of the molecule is CCCc1cccc(C(=O)NC(C(=O)O)c2ccc(Cl)c(C)c2)n1. The highest BCUT2D eigenvalue weighted by Gasteiger charge is 2.23. The van der Waals surface area contributed by atoms with Crippen LogP contribution in [0.4, 0.5) is 0 Å². The van der Waals surface area contributed by atoms with E-state index in [2.05, 4.69) is 10.3 Å². The van der Waals surface area contributed by atoms with Crippen molar-refractivity contribution < 1.29 is 14.7 Å². The second-order valence-electron chi connectivity index (χ2n) is 5.52. The molecule has 0 aliphatic heterocycles. The Labute approximate surface area is 145 Å². The molecular formula is C18H19ClN2O3. The summed E-state index contributed by atoms with van der Waals surface area (Å²) >= 11 is 5.97. The largest absolute Gasteiger partial charge is 0.479 e. The Hall–Kier alpha value is -2.40. The zero-order valence-electron chi connectivity index (χ0n) is 13.5. The maximum absolute atomic E-state index is 12.4. The fourth-order valence-corrected chi connectivity index (χ4v) is 2.46. The number of carbonyl (C=O) groups excluding carboxylic acids is 1. The molecule has 0 radical (unpaired) electrons. The number of aliphatic carboxylic acids is 1. The number of hydrogen-bond donors (Lipinski definition) is 2. The number of pyridine rings is 1. The van der Waals surface area contributed by atoms with Crippen LogP contribution >= 0.6 is 11.6 Å². The lowest BCUT2D eigenvalue weighted by molar-refractivity contribution is -0.139.